The number of rotatable bonds is 12. The van der Waals surface area contributed by atoms with E-state index >= 15 is 0 Å². The Morgan fingerprint density at radius 2 is 1.67 bits per heavy atom. The molecular formula is C20H31N3O6S. The molecule has 3 N–H and O–H groups in total. The summed E-state index contributed by atoms with van der Waals surface area (Å²) in [6.45, 7) is 5.55. The zero-order valence-electron chi connectivity index (χ0n) is 17.5. The van der Waals surface area contributed by atoms with Gasteiger partial charge in [0, 0.05) is 38.0 Å². The zero-order valence-corrected chi connectivity index (χ0v) is 18.3. The average molecular weight is 442 g/mol. The van der Waals surface area contributed by atoms with Gasteiger partial charge in [0.1, 0.15) is 13.2 Å². The van der Waals surface area contributed by atoms with Crippen LogP contribution in [0.5, 0.6) is 11.5 Å². The second-order valence-electron chi connectivity index (χ2n) is 7.31. The number of sulfonamides is 1. The van der Waals surface area contributed by atoms with Crippen molar-refractivity contribution in [3.8, 4) is 11.5 Å². The molecule has 10 heteroatoms. The maximum atomic E-state index is 12.4. The second kappa shape index (κ2) is 11.8. The van der Waals surface area contributed by atoms with E-state index in [2.05, 4.69) is 15.4 Å². The lowest BCUT2D eigenvalue weighted by molar-refractivity contribution is -0.124. The van der Waals surface area contributed by atoms with E-state index in [1.165, 1.54) is 12.1 Å². The molecule has 1 aromatic rings. The monoisotopic (exact) mass is 441 g/mol. The van der Waals surface area contributed by atoms with Gasteiger partial charge in [0.15, 0.2) is 11.5 Å². The van der Waals surface area contributed by atoms with Crippen molar-refractivity contribution in [2.75, 3.05) is 32.8 Å². The first-order valence-corrected chi connectivity index (χ1v) is 11.7. The lowest BCUT2D eigenvalue weighted by Crippen LogP contribution is -2.36. The number of hydrogen-bond acceptors (Lipinski definition) is 6. The molecule has 0 atom stereocenters. The van der Waals surface area contributed by atoms with Crippen LogP contribution in [-0.2, 0) is 19.6 Å². The summed E-state index contributed by atoms with van der Waals surface area (Å²) in [7, 11) is -3.62. The standard InChI is InChI=1S/C20H31N3O6S/c1-15(2)20(25)22-11-10-21-19(24)6-4-3-5-9-23-30(26,27)16-7-8-17-18(14-16)29-13-12-28-17/h7-8,14-15,23H,3-6,9-13H2,1-2H3,(H,21,24)(H,22,25). The first kappa shape index (κ1) is 23.9. The highest BCUT2D eigenvalue weighted by atomic mass is 32.2. The Balaban J connectivity index is 1.58. The van der Waals surface area contributed by atoms with Gasteiger partial charge < -0.3 is 20.1 Å². The highest BCUT2D eigenvalue weighted by Gasteiger charge is 2.18. The molecule has 1 heterocycles. The number of amides is 2. The van der Waals surface area contributed by atoms with Crippen LogP contribution in [0.1, 0.15) is 39.5 Å². The van der Waals surface area contributed by atoms with Crippen molar-refractivity contribution in [1.29, 1.82) is 0 Å². The number of fused-ring (bicyclic) bond motifs is 1. The van der Waals surface area contributed by atoms with Crippen LogP contribution in [0.15, 0.2) is 23.1 Å². The third kappa shape index (κ3) is 7.83. The van der Waals surface area contributed by atoms with Crippen molar-refractivity contribution in [2.45, 2.75) is 44.4 Å². The minimum Gasteiger partial charge on any atom is -0.486 e. The zero-order chi connectivity index (χ0) is 22.0. The molecule has 0 saturated heterocycles. The van der Waals surface area contributed by atoms with Crippen molar-refractivity contribution in [2.24, 2.45) is 5.92 Å². The van der Waals surface area contributed by atoms with Crippen LogP contribution in [0.25, 0.3) is 0 Å². The van der Waals surface area contributed by atoms with Crippen molar-refractivity contribution in [3.05, 3.63) is 18.2 Å². The number of unbranched alkanes of at least 4 members (excludes halogenated alkanes) is 2. The maximum absolute atomic E-state index is 12.4. The van der Waals surface area contributed by atoms with Gasteiger partial charge in [-0.25, -0.2) is 13.1 Å². The molecule has 0 unspecified atom stereocenters. The fraction of sp³-hybridized carbons (Fsp3) is 0.600. The Kier molecular flexibility index (Phi) is 9.38. The molecule has 0 saturated carbocycles. The van der Waals surface area contributed by atoms with E-state index in [1.807, 2.05) is 13.8 Å². The van der Waals surface area contributed by atoms with Crippen molar-refractivity contribution < 1.29 is 27.5 Å². The van der Waals surface area contributed by atoms with Gasteiger partial charge in [-0.15, -0.1) is 0 Å². The highest BCUT2D eigenvalue weighted by molar-refractivity contribution is 7.89. The maximum Gasteiger partial charge on any atom is 0.240 e. The molecule has 0 aromatic heterocycles. The smallest absolute Gasteiger partial charge is 0.240 e. The van der Waals surface area contributed by atoms with Crippen LogP contribution < -0.4 is 24.8 Å². The summed E-state index contributed by atoms with van der Waals surface area (Å²) in [6.07, 6.45) is 2.38. The van der Waals surface area contributed by atoms with Crippen LogP contribution in [0.2, 0.25) is 0 Å². The van der Waals surface area contributed by atoms with E-state index in [4.69, 9.17) is 9.47 Å². The summed E-state index contributed by atoms with van der Waals surface area (Å²) in [6, 6.07) is 4.55. The molecule has 1 aliphatic rings. The molecule has 9 nitrogen and oxygen atoms in total. The Bertz CT molecular complexity index is 826. The number of nitrogens with one attached hydrogen (secondary N) is 3. The van der Waals surface area contributed by atoms with Crippen LogP contribution in [-0.4, -0.2) is 53.1 Å². The van der Waals surface area contributed by atoms with Gasteiger partial charge in [0.05, 0.1) is 4.90 Å². The molecular weight excluding hydrogens is 410 g/mol. The molecule has 0 spiro atoms. The van der Waals surface area contributed by atoms with Crippen LogP contribution >= 0.6 is 0 Å². The highest BCUT2D eigenvalue weighted by Crippen LogP contribution is 2.32. The fourth-order valence-corrected chi connectivity index (χ4v) is 3.84. The van der Waals surface area contributed by atoms with E-state index in [9.17, 15) is 18.0 Å². The summed E-state index contributed by atoms with van der Waals surface area (Å²) in [5, 5.41) is 5.48. The number of hydrogen-bond donors (Lipinski definition) is 3. The lowest BCUT2D eigenvalue weighted by Gasteiger charge is -2.18. The Morgan fingerprint density at radius 1 is 0.967 bits per heavy atom. The molecule has 1 aromatic carbocycles. The predicted octanol–water partition coefficient (Wildman–Crippen LogP) is 1.18. The Hall–Kier alpha value is -2.33. The summed E-state index contributed by atoms with van der Waals surface area (Å²) < 4.78 is 38.2. The number of ether oxygens (including phenoxy) is 2. The van der Waals surface area contributed by atoms with E-state index in [0.29, 0.717) is 63.6 Å². The predicted molar refractivity (Wildman–Crippen MR) is 112 cm³/mol. The first-order chi connectivity index (χ1) is 14.3. The minimum atomic E-state index is -3.62. The first-order valence-electron chi connectivity index (χ1n) is 10.2. The van der Waals surface area contributed by atoms with Crippen LogP contribution in [0.3, 0.4) is 0 Å². The number of carbonyl (C=O) groups is 2. The average Bonchev–Trinajstić information content (AvgIpc) is 2.73. The Labute approximate surface area is 177 Å². The summed E-state index contributed by atoms with van der Waals surface area (Å²) in [4.78, 5) is 23.3. The molecule has 0 radical (unpaired) electrons. The molecule has 0 fully saturated rings. The minimum absolute atomic E-state index is 0.0389. The molecule has 2 rings (SSSR count). The molecule has 30 heavy (non-hydrogen) atoms. The SMILES string of the molecule is CC(C)C(=O)NCCNC(=O)CCCCCNS(=O)(=O)c1ccc2c(c1)OCCO2. The van der Waals surface area contributed by atoms with E-state index in [1.54, 1.807) is 6.07 Å². The second-order valence-corrected chi connectivity index (χ2v) is 9.08. The third-order valence-electron chi connectivity index (χ3n) is 4.47. The van der Waals surface area contributed by atoms with E-state index < -0.39 is 10.0 Å². The Morgan fingerprint density at radius 3 is 2.40 bits per heavy atom. The van der Waals surface area contributed by atoms with Gasteiger partial charge in [0.25, 0.3) is 0 Å². The summed E-state index contributed by atoms with van der Waals surface area (Å²) in [5.41, 5.74) is 0. The number of carbonyl (C=O) groups excluding carboxylic acids is 2. The van der Waals surface area contributed by atoms with Crippen LogP contribution in [0.4, 0.5) is 0 Å². The van der Waals surface area contributed by atoms with E-state index in [-0.39, 0.29) is 22.6 Å². The number of benzene rings is 1. The van der Waals surface area contributed by atoms with Crippen LogP contribution in [0, 0.1) is 5.92 Å². The van der Waals surface area contributed by atoms with Crippen molar-refractivity contribution in [3.63, 3.8) is 0 Å². The van der Waals surface area contributed by atoms with Gasteiger partial charge >= 0.3 is 0 Å². The molecule has 2 amide bonds. The van der Waals surface area contributed by atoms with Gasteiger partial charge in [-0.05, 0) is 25.0 Å². The summed E-state index contributed by atoms with van der Waals surface area (Å²) in [5.74, 6) is 0.779. The normalized spacial score (nSPS) is 13.2. The quantitative estimate of drug-likeness (QED) is 0.419. The van der Waals surface area contributed by atoms with Gasteiger partial charge in [-0.2, -0.15) is 0 Å². The largest absolute Gasteiger partial charge is 0.486 e. The topological polar surface area (TPSA) is 123 Å². The van der Waals surface area contributed by atoms with Gasteiger partial charge in [-0.1, -0.05) is 20.3 Å². The van der Waals surface area contributed by atoms with Gasteiger partial charge in [0.2, 0.25) is 21.8 Å². The van der Waals surface area contributed by atoms with Crippen molar-refractivity contribution in [1.82, 2.24) is 15.4 Å². The van der Waals surface area contributed by atoms with Gasteiger partial charge in [-0.3, -0.25) is 9.59 Å². The third-order valence-corrected chi connectivity index (χ3v) is 5.93. The molecule has 1 aliphatic heterocycles. The fourth-order valence-electron chi connectivity index (χ4n) is 2.75. The molecule has 0 aliphatic carbocycles. The molecule has 168 valence electrons. The lowest BCUT2D eigenvalue weighted by atomic mass is 10.2. The summed E-state index contributed by atoms with van der Waals surface area (Å²) >= 11 is 0. The van der Waals surface area contributed by atoms with E-state index in [0.717, 1.165) is 6.42 Å². The molecule has 0 bridgehead atoms. The van der Waals surface area contributed by atoms with Crippen molar-refractivity contribution >= 4 is 21.8 Å².